The summed E-state index contributed by atoms with van der Waals surface area (Å²) in [6.45, 7) is 3.68. The number of carbonyl (C=O) groups excluding carboxylic acids is 1. The standard InChI is InChI=1S/C12H12ClN3O2/c1-7-3-4-10(18-7)8(2)15-12(17)9-5-14-6-11(13)16-9/h3-6,8H,1-2H3,(H,15,17). The van der Waals surface area contributed by atoms with Crippen LogP contribution < -0.4 is 5.32 Å². The first-order valence-electron chi connectivity index (χ1n) is 5.41. The third-order valence-electron chi connectivity index (χ3n) is 2.37. The number of aryl methyl sites for hydroxylation is 1. The molecule has 0 bridgehead atoms. The van der Waals surface area contributed by atoms with E-state index in [1.165, 1.54) is 12.4 Å². The second-order valence-corrected chi connectivity index (χ2v) is 4.26. The Morgan fingerprint density at radius 2 is 2.22 bits per heavy atom. The lowest BCUT2D eigenvalue weighted by atomic mass is 10.2. The Hall–Kier alpha value is -1.88. The third kappa shape index (κ3) is 2.87. The summed E-state index contributed by atoms with van der Waals surface area (Å²) in [5, 5.41) is 2.94. The average Bonchev–Trinajstić information content (AvgIpc) is 2.76. The zero-order valence-electron chi connectivity index (χ0n) is 9.98. The van der Waals surface area contributed by atoms with E-state index in [-0.39, 0.29) is 22.8 Å². The van der Waals surface area contributed by atoms with E-state index >= 15 is 0 Å². The smallest absolute Gasteiger partial charge is 0.272 e. The number of halogens is 1. The van der Waals surface area contributed by atoms with Crippen LogP contribution in [0.25, 0.3) is 0 Å². The molecule has 2 aromatic heterocycles. The van der Waals surface area contributed by atoms with Crippen LogP contribution in [0.2, 0.25) is 5.15 Å². The highest BCUT2D eigenvalue weighted by Gasteiger charge is 2.15. The van der Waals surface area contributed by atoms with Crippen LogP contribution >= 0.6 is 11.6 Å². The number of aromatic nitrogens is 2. The van der Waals surface area contributed by atoms with E-state index in [0.717, 1.165) is 5.76 Å². The number of hydrogen-bond acceptors (Lipinski definition) is 4. The first-order valence-corrected chi connectivity index (χ1v) is 5.79. The van der Waals surface area contributed by atoms with Gasteiger partial charge in [0.2, 0.25) is 0 Å². The van der Waals surface area contributed by atoms with Crippen molar-refractivity contribution < 1.29 is 9.21 Å². The Morgan fingerprint density at radius 3 is 2.83 bits per heavy atom. The molecule has 6 heteroatoms. The molecule has 5 nitrogen and oxygen atoms in total. The molecule has 94 valence electrons. The molecule has 0 aliphatic rings. The summed E-state index contributed by atoms with van der Waals surface area (Å²) in [5.41, 5.74) is 0.178. The number of carbonyl (C=O) groups is 1. The van der Waals surface area contributed by atoms with Crippen LogP contribution in [-0.2, 0) is 0 Å². The number of hydrogen-bond donors (Lipinski definition) is 1. The van der Waals surface area contributed by atoms with Gasteiger partial charge < -0.3 is 9.73 Å². The van der Waals surface area contributed by atoms with E-state index in [9.17, 15) is 4.79 Å². The second-order valence-electron chi connectivity index (χ2n) is 3.87. The highest BCUT2D eigenvalue weighted by Crippen LogP contribution is 2.16. The van der Waals surface area contributed by atoms with Crippen molar-refractivity contribution in [2.75, 3.05) is 0 Å². The first-order chi connectivity index (χ1) is 8.56. The Balaban J connectivity index is 2.08. The van der Waals surface area contributed by atoms with Gasteiger partial charge in [0.05, 0.1) is 18.4 Å². The molecule has 2 heterocycles. The van der Waals surface area contributed by atoms with Gasteiger partial charge in [-0.05, 0) is 26.0 Å². The minimum Gasteiger partial charge on any atom is -0.464 e. The van der Waals surface area contributed by atoms with Crippen molar-refractivity contribution in [3.63, 3.8) is 0 Å². The SMILES string of the molecule is Cc1ccc(C(C)NC(=O)c2cncc(Cl)n2)o1. The van der Waals surface area contributed by atoms with Gasteiger partial charge in [0.1, 0.15) is 22.4 Å². The highest BCUT2D eigenvalue weighted by atomic mass is 35.5. The molecule has 0 saturated carbocycles. The number of rotatable bonds is 3. The Kier molecular flexibility index (Phi) is 3.62. The van der Waals surface area contributed by atoms with Crippen molar-refractivity contribution in [3.05, 3.63) is 46.9 Å². The van der Waals surface area contributed by atoms with Gasteiger partial charge in [-0.15, -0.1) is 0 Å². The molecule has 1 N–H and O–H groups in total. The highest BCUT2D eigenvalue weighted by molar-refractivity contribution is 6.29. The summed E-state index contributed by atoms with van der Waals surface area (Å²) in [5.74, 6) is 1.15. The molecule has 0 spiro atoms. The topological polar surface area (TPSA) is 68.0 Å². The average molecular weight is 266 g/mol. The molecule has 0 saturated heterocycles. The minimum atomic E-state index is -0.341. The van der Waals surface area contributed by atoms with Gasteiger partial charge in [0.15, 0.2) is 0 Å². The van der Waals surface area contributed by atoms with Crippen molar-refractivity contribution in [3.8, 4) is 0 Å². The molecule has 1 unspecified atom stereocenters. The second kappa shape index (κ2) is 5.18. The lowest BCUT2D eigenvalue weighted by Crippen LogP contribution is -2.27. The predicted octanol–water partition coefficient (Wildman–Crippen LogP) is 2.52. The predicted molar refractivity (Wildman–Crippen MR) is 66.4 cm³/mol. The monoisotopic (exact) mass is 265 g/mol. The number of nitrogens with one attached hydrogen (secondary N) is 1. The van der Waals surface area contributed by atoms with Crippen molar-refractivity contribution >= 4 is 17.5 Å². The number of furan rings is 1. The molecule has 18 heavy (non-hydrogen) atoms. The maximum absolute atomic E-state index is 11.9. The molecule has 1 amide bonds. The van der Waals surface area contributed by atoms with Gasteiger partial charge >= 0.3 is 0 Å². The van der Waals surface area contributed by atoms with E-state index < -0.39 is 0 Å². The lowest BCUT2D eigenvalue weighted by Gasteiger charge is -2.10. The largest absolute Gasteiger partial charge is 0.464 e. The third-order valence-corrected chi connectivity index (χ3v) is 2.56. The van der Waals surface area contributed by atoms with Crippen LogP contribution in [-0.4, -0.2) is 15.9 Å². The van der Waals surface area contributed by atoms with E-state index in [2.05, 4.69) is 15.3 Å². The van der Waals surface area contributed by atoms with Crippen LogP contribution in [0, 0.1) is 6.92 Å². The number of amides is 1. The maximum Gasteiger partial charge on any atom is 0.272 e. The fraction of sp³-hybridized carbons (Fsp3) is 0.250. The fourth-order valence-corrected chi connectivity index (χ4v) is 1.63. The van der Waals surface area contributed by atoms with Crippen molar-refractivity contribution in [2.24, 2.45) is 0 Å². The van der Waals surface area contributed by atoms with Crippen LogP contribution in [0.3, 0.4) is 0 Å². The van der Waals surface area contributed by atoms with Crippen molar-refractivity contribution in [1.82, 2.24) is 15.3 Å². The molecule has 2 aromatic rings. The molecule has 0 fully saturated rings. The van der Waals surface area contributed by atoms with Crippen LogP contribution in [0.5, 0.6) is 0 Å². The Morgan fingerprint density at radius 1 is 1.44 bits per heavy atom. The molecular weight excluding hydrogens is 254 g/mol. The molecular formula is C12H12ClN3O2. The maximum atomic E-state index is 11.9. The first kappa shape index (κ1) is 12.6. The van der Waals surface area contributed by atoms with Gasteiger partial charge in [0.25, 0.3) is 5.91 Å². The Bertz CT molecular complexity index is 568. The van der Waals surface area contributed by atoms with Gasteiger partial charge in [-0.1, -0.05) is 11.6 Å². The summed E-state index contributed by atoms with van der Waals surface area (Å²) in [6, 6.07) is 3.42. The summed E-state index contributed by atoms with van der Waals surface area (Å²) in [4.78, 5) is 19.6. The molecule has 0 aromatic carbocycles. The molecule has 0 radical (unpaired) electrons. The van der Waals surface area contributed by atoms with Crippen LogP contribution in [0.1, 0.15) is 35.0 Å². The van der Waals surface area contributed by atoms with Gasteiger partial charge in [-0.3, -0.25) is 9.78 Å². The van der Waals surface area contributed by atoms with Gasteiger partial charge in [-0.2, -0.15) is 0 Å². The normalized spacial score (nSPS) is 12.2. The summed E-state index contributed by atoms with van der Waals surface area (Å²) in [6.07, 6.45) is 2.74. The molecule has 2 rings (SSSR count). The summed E-state index contributed by atoms with van der Waals surface area (Å²) >= 11 is 5.67. The van der Waals surface area contributed by atoms with Gasteiger partial charge in [-0.25, -0.2) is 4.98 Å². The summed E-state index contributed by atoms with van der Waals surface area (Å²) < 4.78 is 5.43. The zero-order chi connectivity index (χ0) is 13.1. The minimum absolute atomic E-state index is 0.178. The van der Waals surface area contributed by atoms with E-state index in [0.29, 0.717) is 5.76 Å². The zero-order valence-corrected chi connectivity index (χ0v) is 10.7. The molecule has 0 aliphatic heterocycles. The van der Waals surface area contributed by atoms with E-state index in [4.69, 9.17) is 16.0 Å². The van der Waals surface area contributed by atoms with Crippen LogP contribution in [0.4, 0.5) is 0 Å². The van der Waals surface area contributed by atoms with Gasteiger partial charge in [0, 0.05) is 0 Å². The van der Waals surface area contributed by atoms with Crippen LogP contribution in [0.15, 0.2) is 28.9 Å². The number of nitrogens with zero attached hydrogens (tertiary/aromatic N) is 2. The van der Waals surface area contributed by atoms with Crippen molar-refractivity contribution in [1.29, 1.82) is 0 Å². The van der Waals surface area contributed by atoms with Crippen molar-refractivity contribution in [2.45, 2.75) is 19.9 Å². The fourth-order valence-electron chi connectivity index (χ4n) is 1.48. The molecule has 0 aliphatic carbocycles. The van der Waals surface area contributed by atoms with E-state index in [1.54, 1.807) is 0 Å². The lowest BCUT2D eigenvalue weighted by molar-refractivity contribution is 0.0929. The Labute approximate surface area is 109 Å². The van der Waals surface area contributed by atoms with E-state index in [1.807, 2.05) is 26.0 Å². The summed E-state index contributed by atoms with van der Waals surface area (Å²) in [7, 11) is 0. The molecule has 1 atom stereocenters. The quantitative estimate of drug-likeness (QED) is 0.926.